The summed E-state index contributed by atoms with van der Waals surface area (Å²) in [5.74, 6) is 0. The Balaban J connectivity index is 1.06. The lowest BCUT2D eigenvalue weighted by Gasteiger charge is -2.20. The number of benzene rings is 11. The van der Waals surface area contributed by atoms with E-state index in [-0.39, 0.29) is 0 Å². The average Bonchev–Trinajstić information content (AvgIpc) is 3.62. The van der Waals surface area contributed by atoms with Crippen molar-refractivity contribution in [3.63, 3.8) is 0 Å². The molecule has 0 aliphatic rings. The Morgan fingerprint density at radius 2 is 0.702 bits per heavy atom. The Kier molecular flexibility index (Phi) is 7.00. The van der Waals surface area contributed by atoms with E-state index < -0.39 is 0 Å². The van der Waals surface area contributed by atoms with Gasteiger partial charge in [-0.1, -0.05) is 176 Å². The van der Waals surface area contributed by atoms with Gasteiger partial charge < -0.3 is 4.42 Å². The zero-order valence-corrected chi connectivity index (χ0v) is 31.0. The molecule has 1 heteroatoms. The fourth-order valence-corrected chi connectivity index (χ4v) is 9.44. The molecule has 0 unspecified atom stereocenters. The summed E-state index contributed by atoms with van der Waals surface area (Å²) >= 11 is 0. The van der Waals surface area contributed by atoms with E-state index in [9.17, 15) is 0 Å². The Hall–Kier alpha value is -7.48. The van der Waals surface area contributed by atoms with Gasteiger partial charge in [0, 0.05) is 10.8 Å². The first-order chi connectivity index (χ1) is 28.3. The van der Waals surface area contributed by atoms with Gasteiger partial charge in [-0.3, -0.25) is 0 Å². The maximum Gasteiger partial charge on any atom is 0.136 e. The number of hydrogen-bond acceptors (Lipinski definition) is 1. The summed E-state index contributed by atoms with van der Waals surface area (Å²) in [7, 11) is 0. The van der Waals surface area contributed by atoms with Gasteiger partial charge in [-0.15, -0.1) is 0 Å². The van der Waals surface area contributed by atoms with Crippen molar-refractivity contribution >= 4 is 75.8 Å². The summed E-state index contributed by atoms with van der Waals surface area (Å²) in [6.07, 6.45) is 0. The standard InChI is InChI=1S/C56H34O/c1-2-14-35(15-3-1)42-28-29-49(44-22-7-6-21-43(42)44)56-47-25-10-8-23-45(47)55(46-24-9-11-26-48(46)56)40-20-12-18-38(30-40)41-27-13-19-39-32-52-51-31-36-16-4-5-17-37(36)33-53(51)57-54(52)34-50(39)41/h1-34H. The van der Waals surface area contributed by atoms with E-state index in [1.807, 2.05) is 0 Å². The zero-order valence-electron chi connectivity index (χ0n) is 31.0. The van der Waals surface area contributed by atoms with Crippen molar-refractivity contribution in [3.8, 4) is 44.5 Å². The first kappa shape index (κ1) is 31.8. The Labute approximate surface area is 329 Å². The highest BCUT2D eigenvalue weighted by molar-refractivity contribution is 6.24. The van der Waals surface area contributed by atoms with Crippen LogP contribution in [0.3, 0.4) is 0 Å². The molecule has 1 heterocycles. The SMILES string of the molecule is c1ccc(-c2ccc(-c3c4ccccc4c(-c4cccc(-c5cccc6cc7c(cc56)oc5cc6ccccc6cc57)c4)c4ccccc34)c3ccccc23)cc1. The molecule has 264 valence electrons. The lowest BCUT2D eigenvalue weighted by Crippen LogP contribution is -1.93. The Morgan fingerprint density at radius 1 is 0.228 bits per heavy atom. The molecule has 0 bridgehead atoms. The van der Waals surface area contributed by atoms with Gasteiger partial charge in [0.2, 0.25) is 0 Å². The minimum atomic E-state index is 0.910. The van der Waals surface area contributed by atoms with Crippen LogP contribution in [-0.2, 0) is 0 Å². The van der Waals surface area contributed by atoms with Crippen molar-refractivity contribution in [2.24, 2.45) is 0 Å². The predicted octanol–water partition coefficient (Wildman–Crippen LogP) is 16.0. The maximum absolute atomic E-state index is 6.55. The molecule has 0 saturated carbocycles. The molecule has 0 saturated heterocycles. The first-order valence-electron chi connectivity index (χ1n) is 19.7. The van der Waals surface area contributed by atoms with Gasteiger partial charge in [0.1, 0.15) is 11.2 Å². The highest BCUT2D eigenvalue weighted by Gasteiger charge is 2.20. The van der Waals surface area contributed by atoms with Crippen LogP contribution in [0.2, 0.25) is 0 Å². The van der Waals surface area contributed by atoms with E-state index in [0.717, 1.165) is 21.9 Å². The van der Waals surface area contributed by atoms with Gasteiger partial charge in [0.15, 0.2) is 0 Å². The number of hydrogen-bond donors (Lipinski definition) is 0. The van der Waals surface area contributed by atoms with E-state index >= 15 is 0 Å². The third kappa shape index (κ3) is 4.96. The van der Waals surface area contributed by atoms with Gasteiger partial charge in [0.05, 0.1) is 0 Å². The molecule has 1 aromatic heterocycles. The van der Waals surface area contributed by atoms with E-state index in [2.05, 4.69) is 206 Å². The molecule has 57 heavy (non-hydrogen) atoms. The molecule has 0 atom stereocenters. The van der Waals surface area contributed by atoms with Crippen LogP contribution in [0.25, 0.3) is 120 Å². The molecular formula is C56H34O. The molecule has 12 aromatic rings. The Morgan fingerprint density at radius 3 is 1.42 bits per heavy atom. The van der Waals surface area contributed by atoms with Gasteiger partial charge >= 0.3 is 0 Å². The largest absolute Gasteiger partial charge is 0.456 e. The van der Waals surface area contributed by atoms with E-state index in [0.29, 0.717) is 0 Å². The molecule has 0 aliphatic heterocycles. The van der Waals surface area contributed by atoms with Crippen LogP contribution in [-0.4, -0.2) is 0 Å². The van der Waals surface area contributed by atoms with Crippen molar-refractivity contribution in [2.75, 3.05) is 0 Å². The summed E-state index contributed by atoms with van der Waals surface area (Å²) in [5, 5.41) is 14.6. The second kappa shape index (κ2) is 12.5. The molecule has 0 fully saturated rings. The third-order valence-electron chi connectivity index (χ3n) is 12.0. The summed E-state index contributed by atoms with van der Waals surface area (Å²) in [6, 6.07) is 75.4. The molecule has 0 aliphatic carbocycles. The fourth-order valence-electron chi connectivity index (χ4n) is 9.44. The van der Waals surface area contributed by atoms with Gasteiger partial charge in [-0.05, 0) is 129 Å². The molecule has 0 amide bonds. The number of fused-ring (bicyclic) bond motifs is 8. The number of rotatable bonds is 4. The van der Waals surface area contributed by atoms with E-state index in [1.54, 1.807) is 0 Å². The van der Waals surface area contributed by atoms with Crippen LogP contribution in [0.4, 0.5) is 0 Å². The third-order valence-corrected chi connectivity index (χ3v) is 12.0. The van der Waals surface area contributed by atoms with Crippen molar-refractivity contribution in [3.05, 3.63) is 206 Å². The van der Waals surface area contributed by atoms with Crippen LogP contribution in [0.15, 0.2) is 211 Å². The number of furan rings is 1. The van der Waals surface area contributed by atoms with Crippen molar-refractivity contribution in [1.82, 2.24) is 0 Å². The Bertz CT molecular complexity index is 3510. The predicted molar refractivity (Wildman–Crippen MR) is 243 cm³/mol. The van der Waals surface area contributed by atoms with Crippen LogP contribution in [0, 0.1) is 0 Å². The topological polar surface area (TPSA) is 13.1 Å². The second-order valence-corrected chi connectivity index (χ2v) is 15.2. The van der Waals surface area contributed by atoms with Crippen LogP contribution >= 0.6 is 0 Å². The lowest BCUT2D eigenvalue weighted by molar-refractivity contribution is 0.670. The molecule has 12 rings (SSSR count). The van der Waals surface area contributed by atoms with Crippen LogP contribution in [0.1, 0.15) is 0 Å². The van der Waals surface area contributed by atoms with Crippen LogP contribution < -0.4 is 0 Å². The van der Waals surface area contributed by atoms with Crippen molar-refractivity contribution in [2.45, 2.75) is 0 Å². The highest BCUT2D eigenvalue weighted by Crippen LogP contribution is 2.47. The molecule has 0 spiro atoms. The smallest absolute Gasteiger partial charge is 0.136 e. The van der Waals surface area contributed by atoms with Gasteiger partial charge in [0.25, 0.3) is 0 Å². The summed E-state index contributed by atoms with van der Waals surface area (Å²) in [6.45, 7) is 0. The molecule has 0 N–H and O–H groups in total. The normalized spacial score (nSPS) is 11.9. The van der Waals surface area contributed by atoms with E-state index in [1.165, 1.54) is 98.4 Å². The van der Waals surface area contributed by atoms with E-state index in [4.69, 9.17) is 4.42 Å². The van der Waals surface area contributed by atoms with Crippen molar-refractivity contribution in [1.29, 1.82) is 0 Å². The maximum atomic E-state index is 6.55. The van der Waals surface area contributed by atoms with Crippen molar-refractivity contribution < 1.29 is 4.42 Å². The quantitative estimate of drug-likeness (QED) is 0.165. The van der Waals surface area contributed by atoms with Gasteiger partial charge in [-0.25, -0.2) is 0 Å². The molecular weight excluding hydrogens is 689 g/mol. The van der Waals surface area contributed by atoms with Gasteiger partial charge in [-0.2, -0.15) is 0 Å². The molecule has 0 radical (unpaired) electrons. The zero-order chi connectivity index (χ0) is 37.5. The first-order valence-corrected chi connectivity index (χ1v) is 19.7. The minimum absolute atomic E-state index is 0.910. The average molecular weight is 723 g/mol. The van der Waals surface area contributed by atoms with Crippen LogP contribution in [0.5, 0.6) is 0 Å². The summed E-state index contributed by atoms with van der Waals surface area (Å²) in [4.78, 5) is 0. The summed E-state index contributed by atoms with van der Waals surface area (Å²) < 4.78 is 6.55. The molecule has 11 aromatic carbocycles. The highest BCUT2D eigenvalue weighted by atomic mass is 16.3. The summed E-state index contributed by atoms with van der Waals surface area (Å²) in [5.41, 5.74) is 11.7. The minimum Gasteiger partial charge on any atom is -0.456 e. The lowest BCUT2D eigenvalue weighted by atomic mass is 9.83. The second-order valence-electron chi connectivity index (χ2n) is 15.2. The molecule has 1 nitrogen and oxygen atoms in total. The fraction of sp³-hybridized carbons (Fsp3) is 0. The monoisotopic (exact) mass is 722 g/mol.